The second-order valence-corrected chi connectivity index (χ2v) is 8.14. The van der Waals surface area contributed by atoms with Crippen molar-refractivity contribution in [1.29, 1.82) is 0 Å². The molecule has 2 aromatic rings. The molecular formula is C20H24N4OS. The summed E-state index contributed by atoms with van der Waals surface area (Å²) in [5.74, 6) is 2.96. The molecule has 1 aromatic heterocycles. The maximum Gasteiger partial charge on any atom is 0.233 e. The zero-order valence-electron chi connectivity index (χ0n) is 14.9. The lowest BCUT2D eigenvalue weighted by Gasteiger charge is -2.21. The molecule has 1 aliphatic carbocycles. The van der Waals surface area contributed by atoms with Gasteiger partial charge in [0.05, 0.1) is 13.0 Å². The summed E-state index contributed by atoms with van der Waals surface area (Å²) in [6.45, 7) is 0.524. The Balaban J connectivity index is 1.53. The van der Waals surface area contributed by atoms with Gasteiger partial charge in [-0.05, 0) is 24.3 Å². The summed E-state index contributed by atoms with van der Waals surface area (Å²) in [7, 11) is 0. The molecule has 0 unspecified atom stereocenters. The van der Waals surface area contributed by atoms with E-state index in [0.29, 0.717) is 29.8 Å². The van der Waals surface area contributed by atoms with Gasteiger partial charge in [0.25, 0.3) is 0 Å². The molecule has 1 amide bonds. The van der Waals surface area contributed by atoms with Gasteiger partial charge in [-0.1, -0.05) is 61.4 Å². The Morgan fingerprint density at radius 1 is 1.12 bits per heavy atom. The van der Waals surface area contributed by atoms with Gasteiger partial charge in [0.2, 0.25) is 5.91 Å². The van der Waals surface area contributed by atoms with Crippen LogP contribution in [0.1, 0.15) is 43.2 Å². The lowest BCUT2D eigenvalue weighted by molar-refractivity contribution is -0.117. The third-order valence-corrected chi connectivity index (χ3v) is 6.32. The van der Waals surface area contributed by atoms with Gasteiger partial charge >= 0.3 is 0 Å². The van der Waals surface area contributed by atoms with Gasteiger partial charge in [0.15, 0.2) is 5.16 Å². The number of thioether (sulfide) groups is 1. The third kappa shape index (κ3) is 3.70. The second kappa shape index (κ2) is 7.66. The first kappa shape index (κ1) is 17.3. The molecule has 1 aromatic carbocycles. The number of carbonyl (C=O) groups excluding carboxylic acids is 1. The first-order chi connectivity index (χ1) is 12.7. The number of aromatic nitrogens is 2. The SMILES string of the molecule is Nc1nc(SCC2CCCCC2)nc2c1CC(=O)N2Cc1ccccc1. The number of nitrogens with zero attached hydrogens (tertiary/aromatic N) is 3. The lowest BCUT2D eigenvalue weighted by Crippen LogP contribution is -2.26. The average Bonchev–Trinajstić information content (AvgIpc) is 2.98. The van der Waals surface area contributed by atoms with E-state index in [1.54, 1.807) is 16.7 Å². The normalized spacial score (nSPS) is 17.5. The molecule has 6 heteroatoms. The Morgan fingerprint density at radius 2 is 1.88 bits per heavy atom. The molecule has 0 atom stereocenters. The molecule has 2 N–H and O–H groups in total. The molecule has 2 aliphatic rings. The molecule has 1 fully saturated rings. The second-order valence-electron chi connectivity index (χ2n) is 7.15. The highest BCUT2D eigenvalue weighted by atomic mass is 32.2. The minimum absolute atomic E-state index is 0.0410. The van der Waals surface area contributed by atoms with Crippen LogP contribution in [0.2, 0.25) is 0 Å². The van der Waals surface area contributed by atoms with Crippen LogP contribution in [-0.4, -0.2) is 21.6 Å². The van der Waals surface area contributed by atoms with E-state index in [4.69, 9.17) is 10.7 Å². The molecule has 4 rings (SSSR count). The summed E-state index contributed by atoms with van der Waals surface area (Å²) < 4.78 is 0. The van der Waals surface area contributed by atoms with Gasteiger partial charge in [-0.3, -0.25) is 9.69 Å². The molecule has 0 spiro atoms. The summed E-state index contributed by atoms with van der Waals surface area (Å²) in [6.07, 6.45) is 6.91. The van der Waals surface area contributed by atoms with Crippen LogP contribution in [0, 0.1) is 5.92 Å². The minimum Gasteiger partial charge on any atom is -0.383 e. The number of fused-ring (bicyclic) bond motifs is 1. The molecule has 2 heterocycles. The van der Waals surface area contributed by atoms with E-state index in [2.05, 4.69) is 4.98 Å². The molecule has 5 nitrogen and oxygen atoms in total. The quantitative estimate of drug-likeness (QED) is 0.642. The Labute approximate surface area is 158 Å². The van der Waals surface area contributed by atoms with E-state index in [1.807, 2.05) is 30.3 Å². The van der Waals surface area contributed by atoms with Crippen molar-refractivity contribution in [2.24, 2.45) is 5.92 Å². The van der Waals surface area contributed by atoms with Crippen LogP contribution in [0.5, 0.6) is 0 Å². The summed E-state index contributed by atoms with van der Waals surface area (Å²) in [4.78, 5) is 23.4. The molecule has 136 valence electrons. The highest BCUT2D eigenvalue weighted by Crippen LogP contribution is 2.35. The maximum atomic E-state index is 12.5. The summed E-state index contributed by atoms with van der Waals surface area (Å²) in [5.41, 5.74) is 8.01. The maximum absolute atomic E-state index is 12.5. The van der Waals surface area contributed by atoms with Crippen molar-refractivity contribution < 1.29 is 4.79 Å². The van der Waals surface area contributed by atoms with Crippen LogP contribution in [-0.2, 0) is 17.8 Å². The Bertz CT molecular complexity index is 790. The average molecular weight is 369 g/mol. The van der Waals surface area contributed by atoms with Crippen LogP contribution < -0.4 is 10.6 Å². The fourth-order valence-corrected chi connectivity index (χ4v) is 4.80. The van der Waals surface area contributed by atoms with Gasteiger partial charge in [0.1, 0.15) is 11.6 Å². The number of amides is 1. The summed E-state index contributed by atoms with van der Waals surface area (Å²) >= 11 is 1.68. The van der Waals surface area contributed by atoms with Gasteiger partial charge in [0, 0.05) is 11.3 Å². The number of hydrogen-bond acceptors (Lipinski definition) is 5. The first-order valence-electron chi connectivity index (χ1n) is 9.34. The number of carbonyl (C=O) groups is 1. The van der Waals surface area contributed by atoms with Crippen LogP contribution >= 0.6 is 11.8 Å². The summed E-state index contributed by atoms with van der Waals surface area (Å²) in [5, 5.41) is 0.694. The van der Waals surface area contributed by atoms with Gasteiger partial charge < -0.3 is 5.73 Å². The Morgan fingerprint density at radius 3 is 2.65 bits per heavy atom. The largest absolute Gasteiger partial charge is 0.383 e. The molecule has 0 saturated heterocycles. The third-order valence-electron chi connectivity index (χ3n) is 5.24. The van der Waals surface area contributed by atoms with Crippen LogP contribution in [0.15, 0.2) is 35.5 Å². The zero-order valence-corrected chi connectivity index (χ0v) is 15.7. The molecule has 1 aliphatic heterocycles. The molecule has 1 saturated carbocycles. The first-order valence-corrected chi connectivity index (χ1v) is 10.3. The molecule has 0 radical (unpaired) electrons. The minimum atomic E-state index is 0.0410. The summed E-state index contributed by atoms with van der Waals surface area (Å²) in [6, 6.07) is 9.99. The number of hydrogen-bond donors (Lipinski definition) is 1. The van der Waals surface area contributed by atoms with E-state index in [0.717, 1.165) is 22.8 Å². The van der Waals surface area contributed by atoms with Crippen molar-refractivity contribution in [2.75, 3.05) is 16.4 Å². The number of nitrogens with two attached hydrogens (primary N) is 1. The van der Waals surface area contributed by atoms with Crippen LogP contribution in [0.25, 0.3) is 0 Å². The number of benzene rings is 1. The Hall–Kier alpha value is -2.08. The van der Waals surface area contributed by atoms with E-state index < -0.39 is 0 Å². The fourth-order valence-electron chi connectivity index (χ4n) is 3.77. The number of rotatable bonds is 5. The number of nitrogen functional groups attached to an aromatic ring is 1. The fraction of sp³-hybridized carbons (Fsp3) is 0.450. The van der Waals surface area contributed by atoms with Gasteiger partial charge in [-0.2, -0.15) is 0 Å². The topological polar surface area (TPSA) is 72.1 Å². The highest BCUT2D eigenvalue weighted by Gasteiger charge is 2.32. The smallest absolute Gasteiger partial charge is 0.233 e. The van der Waals surface area contributed by atoms with Crippen molar-refractivity contribution in [3.8, 4) is 0 Å². The van der Waals surface area contributed by atoms with E-state index in [9.17, 15) is 4.79 Å². The predicted octanol–water partition coefficient (Wildman–Crippen LogP) is 3.82. The van der Waals surface area contributed by atoms with Crippen molar-refractivity contribution in [2.45, 2.75) is 50.2 Å². The molecule has 0 bridgehead atoms. The monoisotopic (exact) mass is 368 g/mol. The van der Waals surface area contributed by atoms with Gasteiger partial charge in [-0.25, -0.2) is 9.97 Å². The molecular weight excluding hydrogens is 344 g/mol. The predicted molar refractivity (Wildman–Crippen MR) is 105 cm³/mol. The van der Waals surface area contributed by atoms with Crippen LogP contribution in [0.4, 0.5) is 11.6 Å². The van der Waals surface area contributed by atoms with E-state index >= 15 is 0 Å². The number of anilines is 2. The molecule has 26 heavy (non-hydrogen) atoms. The Kier molecular flexibility index (Phi) is 5.11. The zero-order chi connectivity index (χ0) is 17.9. The van der Waals surface area contributed by atoms with Crippen molar-refractivity contribution in [3.63, 3.8) is 0 Å². The van der Waals surface area contributed by atoms with Gasteiger partial charge in [-0.15, -0.1) is 0 Å². The van der Waals surface area contributed by atoms with E-state index in [1.165, 1.54) is 32.1 Å². The van der Waals surface area contributed by atoms with Crippen LogP contribution in [0.3, 0.4) is 0 Å². The van der Waals surface area contributed by atoms with Crippen molar-refractivity contribution in [1.82, 2.24) is 9.97 Å². The standard InChI is InChI=1S/C20H24N4OS/c21-18-16-11-17(25)24(12-14-7-3-1-4-8-14)19(16)23-20(22-18)26-13-15-9-5-2-6-10-15/h1,3-4,7-8,15H,2,5-6,9-13H2,(H2,21,22,23). The highest BCUT2D eigenvalue weighted by molar-refractivity contribution is 7.99. The van der Waals surface area contributed by atoms with Crippen molar-refractivity contribution in [3.05, 3.63) is 41.5 Å². The van der Waals surface area contributed by atoms with E-state index in [-0.39, 0.29) is 5.91 Å². The lowest BCUT2D eigenvalue weighted by atomic mass is 9.91. The van der Waals surface area contributed by atoms with Crippen molar-refractivity contribution >= 4 is 29.3 Å².